The predicted molar refractivity (Wildman–Crippen MR) is 120 cm³/mol. The fourth-order valence-corrected chi connectivity index (χ4v) is 5.52. The Morgan fingerprint density at radius 2 is 1.61 bits per heavy atom. The zero-order chi connectivity index (χ0) is 23.6. The molecule has 174 valence electrons. The number of fused-ring (bicyclic) bond motifs is 1. The molecule has 4 atom stereocenters. The molecule has 0 bridgehead atoms. The molecule has 4 unspecified atom stereocenters. The van der Waals surface area contributed by atoms with E-state index in [0.29, 0.717) is 23.8 Å². The van der Waals surface area contributed by atoms with E-state index in [-0.39, 0.29) is 11.1 Å². The van der Waals surface area contributed by atoms with Crippen molar-refractivity contribution >= 4 is 0 Å². The number of benzene rings is 2. The Morgan fingerprint density at radius 1 is 0.848 bits per heavy atom. The normalized spacial score (nSPS) is 25.4. The highest BCUT2D eigenvalue weighted by molar-refractivity contribution is 5.45. The first kappa shape index (κ1) is 23.5. The summed E-state index contributed by atoms with van der Waals surface area (Å²) in [5.74, 6) is 5.85. The van der Waals surface area contributed by atoms with Gasteiger partial charge in [-0.15, -0.1) is 0 Å². The number of allylic oxidation sites excluding steroid dienone is 2. The van der Waals surface area contributed by atoms with E-state index < -0.39 is 23.4 Å². The van der Waals surface area contributed by atoms with Crippen LogP contribution in [0, 0.1) is 41.2 Å². The standard InChI is InChI=1S/C28H27F5/c1-2-3-18-5-8-22-16-23(12-11-21(22)14-18)24-10-9-20(26(29)17-24)7-4-19-6-13-25(27(30)15-19)28(31,32)33/h2-3,6,9-10,13,15,17-18,21-23H,5,8,11-12,14,16H2,1H3/b3-2+. The summed E-state index contributed by atoms with van der Waals surface area (Å²) in [6.07, 6.45) is 6.75. The van der Waals surface area contributed by atoms with Gasteiger partial charge in [-0.25, -0.2) is 8.78 Å². The van der Waals surface area contributed by atoms with Gasteiger partial charge in [0.15, 0.2) is 0 Å². The monoisotopic (exact) mass is 458 g/mol. The minimum absolute atomic E-state index is 0.0656. The Balaban J connectivity index is 1.44. The molecule has 0 nitrogen and oxygen atoms in total. The third-order valence-electron chi connectivity index (χ3n) is 7.20. The van der Waals surface area contributed by atoms with Gasteiger partial charge in [0.1, 0.15) is 11.6 Å². The van der Waals surface area contributed by atoms with Gasteiger partial charge < -0.3 is 0 Å². The molecule has 0 N–H and O–H groups in total. The van der Waals surface area contributed by atoms with Crippen molar-refractivity contribution in [3.05, 3.63) is 82.4 Å². The zero-order valence-electron chi connectivity index (χ0n) is 18.6. The highest BCUT2D eigenvalue weighted by Gasteiger charge is 2.35. The van der Waals surface area contributed by atoms with Gasteiger partial charge in [-0.2, -0.15) is 13.2 Å². The van der Waals surface area contributed by atoms with Crippen molar-refractivity contribution in [2.24, 2.45) is 17.8 Å². The topological polar surface area (TPSA) is 0 Å². The molecule has 2 aliphatic carbocycles. The largest absolute Gasteiger partial charge is 0.419 e. The molecule has 2 aliphatic rings. The number of hydrogen-bond acceptors (Lipinski definition) is 0. The van der Waals surface area contributed by atoms with E-state index in [0.717, 1.165) is 36.5 Å². The van der Waals surface area contributed by atoms with Crippen molar-refractivity contribution in [2.45, 2.75) is 57.5 Å². The van der Waals surface area contributed by atoms with Crippen LogP contribution in [-0.2, 0) is 6.18 Å². The van der Waals surface area contributed by atoms with Crippen LogP contribution in [0.5, 0.6) is 0 Å². The molecular formula is C28H27F5. The summed E-state index contributed by atoms with van der Waals surface area (Å²) in [4.78, 5) is 0. The van der Waals surface area contributed by atoms with Gasteiger partial charge in [0.25, 0.3) is 0 Å². The lowest BCUT2D eigenvalue weighted by Gasteiger charge is -2.41. The van der Waals surface area contributed by atoms with E-state index in [1.165, 1.54) is 31.7 Å². The second-order valence-corrected chi connectivity index (χ2v) is 9.31. The van der Waals surface area contributed by atoms with Gasteiger partial charge in [-0.05, 0) is 105 Å². The number of alkyl halides is 3. The lowest BCUT2D eigenvalue weighted by molar-refractivity contribution is -0.140. The molecule has 5 heteroatoms. The molecule has 0 saturated heterocycles. The minimum atomic E-state index is -4.76. The summed E-state index contributed by atoms with van der Waals surface area (Å²) in [5.41, 5.74) is -0.142. The average molecular weight is 459 g/mol. The molecule has 0 radical (unpaired) electrons. The third-order valence-corrected chi connectivity index (χ3v) is 7.20. The summed E-state index contributed by atoms with van der Waals surface area (Å²) >= 11 is 0. The first-order chi connectivity index (χ1) is 15.7. The summed E-state index contributed by atoms with van der Waals surface area (Å²) < 4.78 is 66.5. The van der Waals surface area contributed by atoms with E-state index in [4.69, 9.17) is 0 Å². The van der Waals surface area contributed by atoms with Crippen molar-refractivity contribution < 1.29 is 22.0 Å². The highest BCUT2D eigenvalue weighted by Crippen LogP contribution is 2.48. The van der Waals surface area contributed by atoms with Crippen molar-refractivity contribution in [2.75, 3.05) is 0 Å². The van der Waals surface area contributed by atoms with E-state index >= 15 is 0 Å². The van der Waals surface area contributed by atoms with Crippen LogP contribution >= 0.6 is 0 Å². The second-order valence-electron chi connectivity index (χ2n) is 9.31. The van der Waals surface area contributed by atoms with Crippen LogP contribution < -0.4 is 0 Å². The maximum absolute atomic E-state index is 14.7. The first-order valence-electron chi connectivity index (χ1n) is 11.6. The SMILES string of the molecule is C/C=C/C1CCC2CC(c3ccc(C#Cc4ccc(C(F)(F)F)c(F)c4)c(F)c3)CCC2C1. The molecule has 33 heavy (non-hydrogen) atoms. The van der Waals surface area contributed by atoms with Crippen LogP contribution in [0.25, 0.3) is 0 Å². The lowest BCUT2D eigenvalue weighted by Crippen LogP contribution is -2.30. The Morgan fingerprint density at radius 3 is 2.30 bits per heavy atom. The Labute approximate surface area is 191 Å². The molecule has 4 rings (SSSR count). The van der Waals surface area contributed by atoms with Gasteiger partial charge >= 0.3 is 6.18 Å². The average Bonchev–Trinajstić information content (AvgIpc) is 2.77. The van der Waals surface area contributed by atoms with Crippen LogP contribution in [0.2, 0.25) is 0 Å². The fourth-order valence-electron chi connectivity index (χ4n) is 5.52. The Hall–Kier alpha value is -2.61. The molecule has 2 fully saturated rings. The van der Waals surface area contributed by atoms with Crippen LogP contribution in [0.4, 0.5) is 22.0 Å². The number of halogens is 5. The van der Waals surface area contributed by atoms with Crippen molar-refractivity contribution in [3.63, 3.8) is 0 Å². The predicted octanol–water partition coefficient (Wildman–Crippen LogP) is 8.26. The van der Waals surface area contributed by atoms with E-state index in [2.05, 4.69) is 30.9 Å². The molecule has 0 amide bonds. The van der Waals surface area contributed by atoms with E-state index in [1.807, 2.05) is 6.07 Å². The third kappa shape index (κ3) is 5.49. The van der Waals surface area contributed by atoms with Gasteiger partial charge in [-0.1, -0.05) is 30.1 Å². The number of hydrogen-bond donors (Lipinski definition) is 0. The molecule has 2 aromatic rings. The summed E-state index contributed by atoms with van der Waals surface area (Å²) in [6.45, 7) is 2.08. The zero-order valence-corrected chi connectivity index (χ0v) is 18.6. The van der Waals surface area contributed by atoms with Crippen LogP contribution in [0.15, 0.2) is 48.6 Å². The quantitative estimate of drug-likeness (QED) is 0.241. The number of rotatable bonds is 2. The van der Waals surface area contributed by atoms with Gasteiger partial charge in [0.05, 0.1) is 11.1 Å². The van der Waals surface area contributed by atoms with E-state index in [9.17, 15) is 22.0 Å². The molecular weight excluding hydrogens is 431 g/mol. The Bertz CT molecular complexity index is 1090. The molecule has 2 saturated carbocycles. The van der Waals surface area contributed by atoms with Crippen LogP contribution in [-0.4, -0.2) is 0 Å². The van der Waals surface area contributed by atoms with Gasteiger partial charge in [0, 0.05) is 5.56 Å². The summed E-state index contributed by atoms with van der Waals surface area (Å²) in [7, 11) is 0. The molecule has 0 heterocycles. The molecule has 2 aromatic carbocycles. The van der Waals surface area contributed by atoms with Crippen LogP contribution in [0.1, 0.15) is 73.6 Å². The van der Waals surface area contributed by atoms with Crippen molar-refractivity contribution in [1.29, 1.82) is 0 Å². The van der Waals surface area contributed by atoms with Gasteiger partial charge in [0.2, 0.25) is 0 Å². The smallest absolute Gasteiger partial charge is 0.206 e. The van der Waals surface area contributed by atoms with Crippen LogP contribution in [0.3, 0.4) is 0 Å². The first-order valence-corrected chi connectivity index (χ1v) is 11.6. The van der Waals surface area contributed by atoms with Gasteiger partial charge in [-0.3, -0.25) is 0 Å². The molecule has 0 aliphatic heterocycles. The fraction of sp³-hybridized carbons (Fsp3) is 0.429. The maximum Gasteiger partial charge on any atom is 0.419 e. The summed E-state index contributed by atoms with van der Waals surface area (Å²) in [5, 5.41) is 0. The minimum Gasteiger partial charge on any atom is -0.206 e. The maximum atomic E-state index is 14.7. The van der Waals surface area contributed by atoms with E-state index in [1.54, 1.807) is 6.07 Å². The van der Waals surface area contributed by atoms with Crippen molar-refractivity contribution in [3.8, 4) is 11.8 Å². The van der Waals surface area contributed by atoms with Crippen molar-refractivity contribution in [1.82, 2.24) is 0 Å². The Kier molecular flexibility index (Phi) is 6.93. The highest BCUT2D eigenvalue weighted by atomic mass is 19.4. The lowest BCUT2D eigenvalue weighted by atomic mass is 9.64. The molecule has 0 aromatic heterocycles. The molecule has 0 spiro atoms. The summed E-state index contributed by atoms with van der Waals surface area (Å²) in [6, 6.07) is 7.53. The second kappa shape index (κ2) is 9.71.